The van der Waals surface area contributed by atoms with Gasteiger partial charge in [-0.3, -0.25) is 9.78 Å². The molecule has 0 bridgehead atoms. The van der Waals surface area contributed by atoms with Crippen LogP contribution in [0.2, 0.25) is 0 Å². The number of hydrogen-bond acceptors (Lipinski definition) is 7. The number of likely N-dealkylation sites (tertiary alicyclic amines) is 1. The van der Waals surface area contributed by atoms with Crippen LogP contribution < -0.4 is 0 Å². The van der Waals surface area contributed by atoms with Crippen LogP contribution in [0.4, 0.5) is 0 Å². The summed E-state index contributed by atoms with van der Waals surface area (Å²) in [6.45, 7) is 7.42. The van der Waals surface area contributed by atoms with Crippen LogP contribution in [0.3, 0.4) is 0 Å². The van der Waals surface area contributed by atoms with E-state index in [-0.39, 0.29) is 17.7 Å². The summed E-state index contributed by atoms with van der Waals surface area (Å²) in [5.41, 5.74) is 3.99. The number of rotatable bonds is 6. The highest BCUT2D eigenvalue weighted by Gasteiger charge is 2.28. The highest BCUT2D eigenvalue weighted by atomic mass is 16.4. The van der Waals surface area contributed by atoms with Gasteiger partial charge < -0.3 is 9.32 Å². The third kappa shape index (κ3) is 4.53. The molecule has 3 aromatic heterocycles. The Kier molecular flexibility index (Phi) is 5.83. The average Bonchev–Trinajstić information content (AvgIpc) is 3.42. The molecule has 1 fully saturated rings. The van der Waals surface area contributed by atoms with Gasteiger partial charge in [-0.05, 0) is 31.0 Å². The zero-order valence-electron chi connectivity index (χ0n) is 17.6. The minimum Gasteiger partial charge on any atom is -0.425 e. The normalized spacial score (nSPS) is 16.4. The number of carbonyl (C=O) groups is 1. The molecule has 3 aromatic rings. The van der Waals surface area contributed by atoms with E-state index in [1.54, 1.807) is 12.4 Å². The third-order valence-corrected chi connectivity index (χ3v) is 5.36. The van der Waals surface area contributed by atoms with Gasteiger partial charge in [0.25, 0.3) is 0 Å². The SMILES string of the molecule is Cc1cc(-c2cncnc2)cc([C@H]2CCN(C(=O)CCc3nnc(C(C)C)o3)C2)n1. The van der Waals surface area contributed by atoms with Crippen molar-refractivity contribution in [2.75, 3.05) is 13.1 Å². The molecule has 8 nitrogen and oxygen atoms in total. The van der Waals surface area contributed by atoms with Crippen LogP contribution >= 0.6 is 0 Å². The minimum atomic E-state index is 0.117. The maximum Gasteiger partial charge on any atom is 0.223 e. The maximum absolute atomic E-state index is 12.7. The molecule has 4 rings (SSSR count). The van der Waals surface area contributed by atoms with Crippen LogP contribution in [0.5, 0.6) is 0 Å². The quantitative estimate of drug-likeness (QED) is 0.619. The number of nitrogens with zero attached hydrogens (tertiary/aromatic N) is 6. The molecule has 0 N–H and O–H groups in total. The number of aromatic nitrogens is 5. The Balaban J connectivity index is 1.39. The lowest BCUT2D eigenvalue weighted by molar-refractivity contribution is -0.130. The van der Waals surface area contributed by atoms with Gasteiger partial charge in [-0.15, -0.1) is 10.2 Å². The summed E-state index contributed by atoms with van der Waals surface area (Å²) in [4.78, 5) is 27.6. The second-order valence-electron chi connectivity index (χ2n) is 8.06. The highest BCUT2D eigenvalue weighted by Crippen LogP contribution is 2.30. The van der Waals surface area contributed by atoms with Crippen LogP contribution in [0.1, 0.15) is 61.7 Å². The van der Waals surface area contributed by atoms with Gasteiger partial charge in [0.2, 0.25) is 17.7 Å². The summed E-state index contributed by atoms with van der Waals surface area (Å²) >= 11 is 0. The molecule has 8 heteroatoms. The first-order valence-electron chi connectivity index (χ1n) is 10.3. The first-order valence-corrected chi connectivity index (χ1v) is 10.3. The first-order chi connectivity index (χ1) is 14.5. The van der Waals surface area contributed by atoms with Crippen LogP contribution in [0, 0.1) is 6.92 Å². The molecule has 0 radical (unpaired) electrons. The fourth-order valence-electron chi connectivity index (χ4n) is 3.72. The van der Waals surface area contributed by atoms with Gasteiger partial charge in [-0.25, -0.2) is 9.97 Å². The van der Waals surface area contributed by atoms with Gasteiger partial charge in [0.1, 0.15) is 6.33 Å². The van der Waals surface area contributed by atoms with Crippen LogP contribution in [0.25, 0.3) is 11.1 Å². The summed E-state index contributed by atoms with van der Waals surface area (Å²) in [7, 11) is 0. The van der Waals surface area contributed by atoms with Crippen molar-refractivity contribution < 1.29 is 9.21 Å². The summed E-state index contributed by atoms with van der Waals surface area (Å²) in [6, 6.07) is 4.13. The maximum atomic E-state index is 12.7. The topological polar surface area (TPSA) is 97.9 Å². The summed E-state index contributed by atoms with van der Waals surface area (Å²) < 4.78 is 5.60. The molecule has 0 unspecified atom stereocenters. The van der Waals surface area contributed by atoms with Crippen molar-refractivity contribution in [2.24, 2.45) is 0 Å². The molecule has 0 aliphatic carbocycles. The molecule has 1 aliphatic heterocycles. The lowest BCUT2D eigenvalue weighted by Crippen LogP contribution is -2.28. The van der Waals surface area contributed by atoms with Gasteiger partial charge in [-0.2, -0.15) is 0 Å². The first kappa shape index (κ1) is 20.1. The Morgan fingerprint density at radius 3 is 2.73 bits per heavy atom. The van der Waals surface area contributed by atoms with E-state index >= 15 is 0 Å². The second-order valence-corrected chi connectivity index (χ2v) is 8.06. The standard InChI is InChI=1S/C22H26N6O2/c1-14(2)22-27-26-20(30-22)4-5-21(29)28-7-6-16(12-28)19-9-17(8-15(3)25-19)18-10-23-13-24-11-18/h8-11,13-14,16H,4-7,12H2,1-3H3/t16-/m0/s1. The van der Waals surface area contributed by atoms with E-state index in [0.29, 0.717) is 31.2 Å². The van der Waals surface area contributed by atoms with Crippen molar-refractivity contribution in [3.05, 3.63) is 54.0 Å². The molecule has 1 amide bonds. The van der Waals surface area contributed by atoms with Crippen LogP contribution in [-0.4, -0.2) is 49.0 Å². The molecule has 1 aliphatic rings. The van der Waals surface area contributed by atoms with E-state index < -0.39 is 0 Å². The van der Waals surface area contributed by atoms with E-state index in [1.165, 1.54) is 6.33 Å². The van der Waals surface area contributed by atoms with Gasteiger partial charge in [0.05, 0.1) is 0 Å². The molecule has 0 aromatic carbocycles. The number of carbonyl (C=O) groups excluding carboxylic acids is 1. The Labute approximate surface area is 175 Å². The molecular formula is C22H26N6O2. The van der Waals surface area contributed by atoms with Crippen molar-refractivity contribution in [3.63, 3.8) is 0 Å². The Morgan fingerprint density at radius 2 is 2.00 bits per heavy atom. The summed E-state index contributed by atoms with van der Waals surface area (Å²) in [5, 5.41) is 8.06. The van der Waals surface area contributed by atoms with E-state index in [0.717, 1.165) is 35.5 Å². The molecular weight excluding hydrogens is 380 g/mol. The van der Waals surface area contributed by atoms with E-state index in [2.05, 4.69) is 26.2 Å². The van der Waals surface area contributed by atoms with E-state index in [9.17, 15) is 4.79 Å². The lowest BCUT2D eigenvalue weighted by Gasteiger charge is -2.16. The Hall–Kier alpha value is -3.16. The van der Waals surface area contributed by atoms with Crippen molar-refractivity contribution in [3.8, 4) is 11.1 Å². The predicted molar refractivity (Wildman–Crippen MR) is 111 cm³/mol. The minimum absolute atomic E-state index is 0.117. The van der Waals surface area contributed by atoms with Crippen molar-refractivity contribution in [1.29, 1.82) is 0 Å². The molecule has 156 valence electrons. The van der Waals surface area contributed by atoms with Crippen LogP contribution in [-0.2, 0) is 11.2 Å². The number of amides is 1. The Morgan fingerprint density at radius 1 is 1.20 bits per heavy atom. The van der Waals surface area contributed by atoms with Gasteiger partial charge in [-0.1, -0.05) is 13.8 Å². The second kappa shape index (κ2) is 8.69. The van der Waals surface area contributed by atoms with Crippen molar-refractivity contribution in [1.82, 2.24) is 30.0 Å². The highest BCUT2D eigenvalue weighted by molar-refractivity contribution is 5.76. The van der Waals surface area contributed by atoms with E-state index in [4.69, 9.17) is 9.40 Å². The van der Waals surface area contributed by atoms with E-state index in [1.807, 2.05) is 31.7 Å². The number of pyridine rings is 1. The average molecular weight is 406 g/mol. The fraction of sp³-hybridized carbons (Fsp3) is 0.455. The molecule has 0 spiro atoms. The van der Waals surface area contributed by atoms with Crippen LogP contribution in [0.15, 0.2) is 35.3 Å². The third-order valence-electron chi connectivity index (χ3n) is 5.36. The molecule has 1 atom stereocenters. The smallest absolute Gasteiger partial charge is 0.223 e. The van der Waals surface area contributed by atoms with Gasteiger partial charge in [0, 0.05) is 67.1 Å². The van der Waals surface area contributed by atoms with Crippen molar-refractivity contribution >= 4 is 5.91 Å². The monoisotopic (exact) mass is 406 g/mol. The molecule has 0 saturated carbocycles. The largest absolute Gasteiger partial charge is 0.425 e. The fourth-order valence-corrected chi connectivity index (χ4v) is 3.72. The zero-order chi connectivity index (χ0) is 21.1. The van der Waals surface area contributed by atoms with Gasteiger partial charge >= 0.3 is 0 Å². The summed E-state index contributed by atoms with van der Waals surface area (Å²) in [5.74, 6) is 1.68. The summed E-state index contributed by atoms with van der Waals surface area (Å²) in [6.07, 6.45) is 6.89. The van der Waals surface area contributed by atoms with Gasteiger partial charge in [0.15, 0.2) is 0 Å². The number of aryl methyl sites for hydroxylation is 2. The predicted octanol–water partition coefficient (Wildman–Crippen LogP) is 3.30. The zero-order valence-corrected chi connectivity index (χ0v) is 17.6. The van der Waals surface area contributed by atoms with Crippen molar-refractivity contribution in [2.45, 2.75) is 51.9 Å². The molecule has 1 saturated heterocycles. The number of hydrogen-bond donors (Lipinski definition) is 0. The molecule has 30 heavy (non-hydrogen) atoms. The Bertz CT molecular complexity index is 1020. The molecule has 4 heterocycles. The lowest BCUT2D eigenvalue weighted by atomic mass is 10.00.